The van der Waals surface area contributed by atoms with Crippen LogP contribution in [0.15, 0.2) is 54.7 Å². The molecule has 0 fully saturated rings. The number of rotatable bonds is 4. The molecule has 0 amide bonds. The second-order valence-corrected chi connectivity index (χ2v) is 25.3. The van der Waals surface area contributed by atoms with E-state index in [1.165, 1.54) is 60.3 Å². The monoisotopic (exact) mass is 592 g/mol. The summed E-state index contributed by atoms with van der Waals surface area (Å²) in [5.41, 5.74) is 6.75. The van der Waals surface area contributed by atoms with Crippen LogP contribution in [-0.2, 0) is 19.9 Å². The third-order valence-electron chi connectivity index (χ3n) is 8.52. The Bertz CT molecular complexity index is 1830. The first-order valence-electron chi connectivity index (χ1n) is 14.9. The molecule has 5 aromatic rings. The van der Waals surface area contributed by atoms with Gasteiger partial charge >= 0.3 is 230 Å². The Morgan fingerprint density at radius 3 is 2.33 bits per heavy atom. The fourth-order valence-corrected chi connectivity index (χ4v) is 10.3. The molecule has 206 valence electrons. The number of hydrogen-bond donors (Lipinski definition) is 0. The third kappa shape index (κ3) is 4.43. The number of benzene rings is 4. The van der Waals surface area contributed by atoms with Crippen molar-refractivity contribution < 1.29 is 9.30 Å². The topological polar surface area (TPSA) is 13.1 Å². The second kappa shape index (κ2) is 9.34. The van der Waals surface area contributed by atoms with E-state index in [0.29, 0.717) is 5.92 Å². The van der Waals surface area contributed by atoms with Gasteiger partial charge in [-0.3, -0.25) is 0 Å². The van der Waals surface area contributed by atoms with Crippen molar-refractivity contribution in [3.63, 3.8) is 0 Å². The molecule has 2 heterocycles. The van der Waals surface area contributed by atoms with Crippen LogP contribution in [0.25, 0.3) is 43.6 Å². The Labute approximate surface area is 242 Å². The van der Waals surface area contributed by atoms with E-state index < -0.39 is 13.3 Å². The predicted octanol–water partition coefficient (Wildman–Crippen LogP) is 9.38. The van der Waals surface area contributed by atoms with Crippen LogP contribution < -0.4 is 13.7 Å². The number of aryl methyl sites for hydroxylation is 2. The molecule has 6 rings (SSSR count). The third-order valence-corrected chi connectivity index (χ3v) is 12.8. The Morgan fingerprint density at radius 2 is 1.65 bits per heavy atom. The number of fused-ring (bicyclic) bond motifs is 5. The predicted molar refractivity (Wildman–Crippen MR) is 175 cm³/mol. The van der Waals surface area contributed by atoms with Crippen LogP contribution in [0.5, 0.6) is 11.5 Å². The average Bonchev–Trinajstić information content (AvgIpc) is 2.85. The first-order chi connectivity index (χ1) is 18.7. The molecule has 0 spiro atoms. The number of nitrogens with zero attached hydrogens (tertiary/aromatic N) is 1. The quantitative estimate of drug-likeness (QED) is 0.113. The van der Waals surface area contributed by atoms with Crippen LogP contribution in [0.1, 0.15) is 51.3 Å². The molecule has 1 aromatic heterocycles. The van der Waals surface area contributed by atoms with Crippen LogP contribution in [0.2, 0.25) is 17.3 Å². The standard InChI is InChI=1S/C37H44GeNO/c1-22(2)18-24-14-15-26-28(19-24)23(3)32-35-34-27(16-17-39(35)10)33-25(12-11-13-30(33)38(7,8)9)20-31(34)40-36(32)29(26)21-37(4,5)6/h11-17,19-20,22H,18,21H2,1-10H3/q+1. The van der Waals surface area contributed by atoms with Crippen molar-refractivity contribution in [1.29, 1.82) is 0 Å². The van der Waals surface area contributed by atoms with E-state index in [1.54, 1.807) is 4.40 Å². The van der Waals surface area contributed by atoms with Crippen LogP contribution >= 0.6 is 0 Å². The zero-order valence-electron chi connectivity index (χ0n) is 26.0. The van der Waals surface area contributed by atoms with Crippen LogP contribution in [0.3, 0.4) is 0 Å². The Morgan fingerprint density at radius 1 is 0.900 bits per heavy atom. The molecule has 0 radical (unpaired) electrons. The number of hydrogen-bond acceptors (Lipinski definition) is 1. The summed E-state index contributed by atoms with van der Waals surface area (Å²) in [4.78, 5) is 0. The van der Waals surface area contributed by atoms with Gasteiger partial charge in [0.15, 0.2) is 0 Å². The minimum atomic E-state index is -2.14. The summed E-state index contributed by atoms with van der Waals surface area (Å²) in [7, 11) is 2.20. The van der Waals surface area contributed by atoms with Crippen molar-refractivity contribution in [1.82, 2.24) is 0 Å². The SMILES string of the molecule is Cc1c2c(c(CC(C)(C)C)c3ccc(CC(C)C)cc13)Oc1cc3ccc[c]([Ge]([CH3])([CH3])[CH3])c3c3cc[n+](C)c-2c13. The minimum absolute atomic E-state index is 0.127. The van der Waals surface area contributed by atoms with Crippen LogP contribution in [0, 0.1) is 18.3 Å². The van der Waals surface area contributed by atoms with Crippen molar-refractivity contribution >= 4 is 50.0 Å². The molecule has 0 N–H and O–H groups in total. The Kier molecular flexibility index (Phi) is 6.38. The summed E-state index contributed by atoms with van der Waals surface area (Å²) >= 11 is -2.14. The Hall–Kier alpha value is -2.85. The molecule has 0 unspecified atom stereocenters. The van der Waals surface area contributed by atoms with Crippen molar-refractivity contribution in [2.75, 3.05) is 0 Å². The van der Waals surface area contributed by atoms with Gasteiger partial charge in [-0.15, -0.1) is 0 Å². The van der Waals surface area contributed by atoms with E-state index in [2.05, 4.69) is 125 Å². The maximum absolute atomic E-state index is 7.10. The van der Waals surface area contributed by atoms with E-state index in [0.717, 1.165) is 24.3 Å². The van der Waals surface area contributed by atoms with Gasteiger partial charge in [0, 0.05) is 0 Å². The second-order valence-electron chi connectivity index (χ2n) is 14.7. The van der Waals surface area contributed by atoms with Gasteiger partial charge in [0.2, 0.25) is 0 Å². The average molecular weight is 591 g/mol. The van der Waals surface area contributed by atoms with Gasteiger partial charge in [0.05, 0.1) is 0 Å². The summed E-state index contributed by atoms with van der Waals surface area (Å²) in [5.74, 6) is 10.2. The first-order valence-corrected chi connectivity index (χ1v) is 22.2. The van der Waals surface area contributed by atoms with Gasteiger partial charge in [-0.25, -0.2) is 0 Å². The Balaban J connectivity index is 1.78. The summed E-state index contributed by atoms with van der Waals surface area (Å²) in [5, 5.41) is 8.00. The molecule has 0 saturated heterocycles. The maximum atomic E-state index is 7.10. The summed E-state index contributed by atoms with van der Waals surface area (Å²) in [6.07, 6.45) is 4.32. The summed E-state index contributed by atoms with van der Waals surface area (Å²) in [6, 6.07) is 18.7. The fourth-order valence-electron chi connectivity index (χ4n) is 6.87. The van der Waals surface area contributed by atoms with Gasteiger partial charge in [-0.05, 0) is 0 Å². The molecule has 1 aliphatic heterocycles. The fraction of sp³-hybridized carbons (Fsp3) is 0.378. The zero-order chi connectivity index (χ0) is 28.7. The molecular formula is C37H44GeNO+. The molecule has 3 heteroatoms. The molecule has 0 bridgehead atoms. The van der Waals surface area contributed by atoms with Crippen molar-refractivity contribution in [2.24, 2.45) is 18.4 Å². The van der Waals surface area contributed by atoms with E-state index in [4.69, 9.17) is 4.74 Å². The van der Waals surface area contributed by atoms with E-state index in [1.807, 2.05) is 0 Å². The molecule has 40 heavy (non-hydrogen) atoms. The van der Waals surface area contributed by atoms with Crippen molar-refractivity contribution in [2.45, 2.75) is 71.7 Å². The van der Waals surface area contributed by atoms with Crippen molar-refractivity contribution in [3.05, 3.63) is 71.4 Å². The summed E-state index contributed by atoms with van der Waals surface area (Å²) in [6.45, 7) is 13.9. The van der Waals surface area contributed by atoms with Crippen LogP contribution in [-0.4, -0.2) is 13.3 Å². The zero-order valence-corrected chi connectivity index (χ0v) is 28.1. The molecule has 2 nitrogen and oxygen atoms in total. The number of ether oxygens (including phenoxy) is 1. The number of aromatic nitrogens is 1. The first kappa shape index (κ1) is 27.3. The van der Waals surface area contributed by atoms with Gasteiger partial charge in [-0.2, -0.15) is 0 Å². The van der Waals surface area contributed by atoms with Crippen molar-refractivity contribution in [3.8, 4) is 22.8 Å². The molecule has 1 aliphatic rings. The van der Waals surface area contributed by atoms with Gasteiger partial charge in [-0.1, -0.05) is 13.8 Å². The van der Waals surface area contributed by atoms with E-state index in [9.17, 15) is 0 Å². The molecule has 0 aliphatic carbocycles. The molecule has 0 atom stereocenters. The number of pyridine rings is 1. The summed E-state index contributed by atoms with van der Waals surface area (Å²) < 4.78 is 11.0. The van der Waals surface area contributed by atoms with Crippen LogP contribution in [0.4, 0.5) is 0 Å². The molecular weight excluding hydrogens is 547 g/mol. The normalized spacial score (nSPS) is 13.4. The van der Waals surface area contributed by atoms with Gasteiger partial charge in [0.25, 0.3) is 0 Å². The van der Waals surface area contributed by atoms with E-state index in [-0.39, 0.29) is 5.41 Å². The molecule has 4 aromatic carbocycles. The van der Waals surface area contributed by atoms with Gasteiger partial charge in [0.1, 0.15) is 0 Å². The molecule has 0 saturated carbocycles. The van der Waals surface area contributed by atoms with Gasteiger partial charge < -0.3 is 0 Å². The van der Waals surface area contributed by atoms with E-state index >= 15 is 0 Å².